The number of sulfonamides is 1. The molecule has 0 fully saturated rings. The van der Waals surface area contributed by atoms with Crippen molar-refractivity contribution in [1.82, 2.24) is 0 Å². The maximum absolute atomic E-state index is 12.2. The maximum atomic E-state index is 12.2. The lowest BCUT2D eigenvalue weighted by Crippen LogP contribution is -2.11. The lowest BCUT2D eigenvalue weighted by atomic mass is 10.2. The number of hydrogen-bond donors (Lipinski definition) is 3. The van der Waals surface area contributed by atoms with Gasteiger partial charge in [-0.15, -0.1) is 11.3 Å². The number of thiophene rings is 1. The van der Waals surface area contributed by atoms with Crippen LogP contribution in [0.5, 0.6) is 5.75 Å². The van der Waals surface area contributed by atoms with E-state index in [9.17, 15) is 18.3 Å². The number of anilines is 1. The molecule has 0 aliphatic carbocycles. The first-order valence-electron chi connectivity index (χ1n) is 5.56. The van der Waals surface area contributed by atoms with Gasteiger partial charge >= 0.3 is 5.97 Å². The predicted octanol–water partition coefficient (Wildman–Crippen LogP) is 3.02. The molecule has 0 spiro atoms. The first-order valence-corrected chi connectivity index (χ1v) is 8.65. The number of benzene rings is 1. The number of aromatic hydroxyl groups is 1. The Kier molecular flexibility index (Phi) is 4.26. The highest BCUT2D eigenvalue weighted by Gasteiger charge is 2.20. The van der Waals surface area contributed by atoms with E-state index in [2.05, 4.69) is 20.7 Å². The number of hydrogen-bond acceptors (Lipinski definition) is 5. The molecule has 112 valence electrons. The second kappa shape index (κ2) is 5.66. The van der Waals surface area contributed by atoms with Crippen molar-refractivity contribution in [2.24, 2.45) is 0 Å². The molecular weight excluding hydrogens is 382 g/mol. The van der Waals surface area contributed by atoms with Gasteiger partial charge in [-0.2, -0.15) is 0 Å². The van der Waals surface area contributed by atoms with Gasteiger partial charge in [0.2, 0.25) is 0 Å². The van der Waals surface area contributed by atoms with Gasteiger partial charge in [0.05, 0.1) is 15.0 Å². The monoisotopic (exact) mass is 391 g/mol. The molecule has 0 aliphatic heterocycles. The van der Waals surface area contributed by atoms with Crippen LogP contribution in [-0.4, -0.2) is 24.6 Å². The Balaban J connectivity index is 2.35. The molecule has 1 aromatic carbocycles. The van der Waals surface area contributed by atoms with Crippen molar-refractivity contribution in [3.05, 3.63) is 39.2 Å². The molecule has 2 rings (SSSR count). The van der Waals surface area contributed by atoms with Gasteiger partial charge in [-0.05, 0) is 52.7 Å². The Hall–Kier alpha value is -1.58. The highest BCUT2D eigenvalue weighted by Crippen LogP contribution is 2.33. The summed E-state index contributed by atoms with van der Waals surface area (Å²) in [4.78, 5) is 10.8. The molecule has 2 aromatic rings. The molecule has 9 heteroatoms. The number of carbonyl (C=O) groups is 1. The number of phenolic OH excluding ortho intramolecular Hbond substituents is 1. The normalized spacial score (nSPS) is 11.3. The Bertz CT molecular complexity index is 794. The lowest BCUT2D eigenvalue weighted by Gasteiger charge is -2.08. The van der Waals surface area contributed by atoms with Crippen molar-refractivity contribution < 1.29 is 23.4 Å². The third-order valence-corrected chi connectivity index (χ3v) is 6.56. The molecule has 3 N–H and O–H groups in total. The van der Waals surface area contributed by atoms with Crippen LogP contribution in [0.3, 0.4) is 0 Å². The second-order valence-electron chi connectivity index (χ2n) is 4.16. The molecule has 1 aromatic heterocycles. The molecular formula is C12H10BrNO5S2. The molecule has 0 amide bonds. The average molecular weight is 392 g/mol. The summed E-state index contributed by atoms with van der Waals surface area (Å²) in [5, 5.41) is 18.5. The highest BCUT2D eigenvalue weighted by molar-refractivity contribution is 9.11. The van der Waals surface area contributed by atoms with Gasteiger partial charge in [0.1, 0.15) is 9.96 Å². The quantitative estimate of drug-likeness (QED) is 0.694. The Morgan fingerprint density at radius 1 is 1.33 bits per heavy atom. The van der Waals surface area contributed by atoms with E-state index in [0.29, 0.717) is 3.79 Å². The van der Waals surface area contributed by atoms with E-state index in [1.807, 2.05) is 0 Å². The zero-order valence-corrected chi connectivity index (χ0v) is 13.8. The minimum atomic E-state index is -3.84. The van der Waals surface area contributed by atoms with Gasteiger partial charge in [0.25, 0.3) is 10.0 Å². The third kappa shape index (κ3) is 3.36. The van der Waals surface area contributed by atoms with Crippen LogP contribution in [0.4, 0.5) is 5.69 Å². The summed E-state index contributed by atoms with van der Waals surface area (Å²) in [7, 11) is -3.84. The molecule has 1 heterocycles. The summed E-state index contributed by atoms with van der Waals surface area (Å²) in [6.45, 7) is 1.76. The number of rotatable bonds is 4. The topological polar surface area (TPSA) is 104 Å². The van der Waals surface area contributed by atoms with E-state index in [0.717, 1.165) is 23.0 Å². The predicted molar refractivity (Wildman–Crippen MR) is 82.6 cm³/mol. The van der Waals surface area contributed by atoms with E-state index in [-0.39, 0.29) is 15.5 Å². The van der Waals surface area contributed by atoms with Crippen molar-refractivity contribution in [1.29, 1.82) is 0 Å². The SMILES string of the molecule is Cc1cc(S(=O)(=O)Nc2ccc(C(=O)O)cc2O)sc1Br. The minimum Gasteiger partial charge on any atom is -0.506 e. The molecule has 6 nitrogen and oxygen atoms in total. The molecule has 0 radical (unpaired) electrons. The fourth-order valence-electron chi connectivity index (χ4n) is 1.51. The van der Waals surface area contributed by atoms with Gasteiger partial charge in [0, 0.05) is 0 Å². The fourth-order valence-corrected chi connectivity index (χ4v) is 4.81. The van der Waals surface area contributed by atoms with Gasteiger partial charge < -0.3 is 10.2 Å². The largest absolute Gasteiger partial charge is 0.506 e. The van der Waals surface area contributed by atoms with Crippen LogP contribution in [0.25, 0.3) is 0 Å². The van der Waals surface area contributed by atoms with E-state index >= 15 is 0 Å². The molecule has 21 heavy (non-hydrogen) atoms. The van der Waals surface area contributed by atoms with Gasteiger partial charge in [-0.25, -0.2) is 13.2 Å². The third-order valence-electron chi connectivity index (χ3n) is 2.59. The summed E-state index contributed by atoms with van der Waals surface area (Å²) in [6.07, 6.45) is 0. The Labute approximate surface area is 133 Å². The number of aromatic carboxylic acids is 1. The van der Waals surface area contributed by atoms with Crippen LogP contribution in [0, 0.1) is 6.92 Å². The maximum Gasteiger partial charge on any atom is 0.335 e. The first kappa shape index (κ1) is 15.8. The van der Waals surface area contributed by atoms with Crippen LogP contribution in [0.1, 0.15) is 15.9 Å². The van der Waals surface area contributed by atoms with Crippen LogP contribution >= 0.6 is 27.3 Å². The molecule has 0 saturated heterocycles. The summed E-state index contributed by atoms with van der Waals surface area (Å²) in [6, 6.07) is 4.89. The number of carboxylic acids is 1. The average Bonchev–Trinajstić information content (AvgIpc) is 2.72. The van der Waals surface area contributed by atoms with Crippen molar-refractivity contribution in [2.45, 2.75) is 11.1 Å². The van der Waals surface area contributed by atoms with Crippen molar-refractivity contribution in [3.8, 4) is 5.75 Å². The fraction of sp³-hybridized carbons (Fsp3) is 0.0833. The molecule has 0 unspecified atom stereocenters. The first-order chi connectivity index (χ1) is 9.70. The minimum absolute atomic E-state index is 0.0813. The van der Waals surface area contributed by atoms with Gasteiger partial charge in [0.15, 0.2) is 0 Å². The smallest absolute Gasteiger partial charge is 0.335 e. The summed E-state index contributed by atoms with van der Waals surface area (Å²) >= 11 is 4.29. The highest BCUT2D eigenvalue weighted by atomic mass is 79.9. The van der Waals surface area contributed by atoms with Crippen LogP contribution in [-0.2, 0) is 10.0 Å². The number of halogens is 1. The van der Waals surface area contributed by atoms with Crippen LogP contribution in [0.2, 0.25) is 0 Å². The Morgan fingerprint density at radius 2 is 2.00 bits per heavy atom. The summed E-state index contributed by atoms with van der Waals surface area (Å²) < 4.78 is 27.4. The number of nitrogens with one attached hydrogen (secondary N) is 1. The molecule has 0 atom stereocenters. The molecule has 0 aliphatic rings. The number of phenols is 1. The lowest BCUT2D eigenvalue weighted by molar-refractivity contribution is 0.0696. The van der Waals surface area contributed by atoms with E-state index < -0.39 is 21.7 Å². The zero-order valence-electron chi connectivity index (χ0n) is 10.6. The van der Waals surface area contributed by atoms with Crippen molar-refractivity contribution >= 4 is 48.9 Å². The zero-order chi connectivity index (χ0) is 15.8. The van der Waals surface area contributed by atoms with Crippen LogP contribution < -0.4 is 4.72 Å². The summed E-state index contributed by atoms with van der Waals surface area (Å²) in [5.74, 6) is -1.66. The van der Waals surface area contributed by atoms with Gasteiger partial charge in [-0.3, -0.25) is 4.72 Å². The Morgan fingerprint density at radius 3 is 2.48 bits per heavy atom. The second-order valence-corrected chi connectivity index (χ2v) is 8.44. The van der Waals surface area contributed by atoms with E-state index in [4.69, 9.17) is 5.11 Å². The number of carboxylic acid groups (broad SMARTS) is 1. The van der Waals surface area contributed by atoms with E-state index in [1.54, 1.807) is 6.92 Å². The van der Waals surface area contributed by atoms with Gasteiger partial charge in [-0.1, -0.05) is 0 Å². The van der Waals surface area contributed by atoms with Crippen molar-refractivity contribution in [3.63, 3.8) is 0 Å². The molecule has 0 saturated carbocycles. The van der Waals surface area contributed by atoms with Crippen molar-refractivity contribution in [2.75, 3.05) is 4.72 Å². The standard InChI is InChI=1S/C12H10BrNO5S2/c1-6-4-10(20-11(6)13)21(18,19)14-8-3-2-7(12(16)17)5-9(8)15/h2-5,14-15H,1H3,(H,16,17). The summed E-state index contributed by atoms with van der Waals surface area (Å²) in [5.41, 5.74) is 0.568. The van der Waals surface area contributed by atoms with E-state index in [1.165, 1.54) is 18.2 Å². The van der Waals surface area contributed by atoms with Crippen LogP contribution in [0.15, 0.2) is 32.3 Å². The number of aryl methyl sites for hydroxylation is 1. The molecule has 0 bridgehead atoms.